The van der Waals surface area contributed by atoms with E-state index in [1.807, 2.05) is 31.2 Å². The zero-order chi connectivity index (χ0) is 20.6. The Hall–Kier alpha value is -2.89. The molecule has 2 aromatic carbocycles. The van der Waals surface area contributed by atoms with Crippen LogP contribution in [0.2, 0.25) is 0 Å². The third kappa shape index (κ3) is 5.13. The van der Waals surface area contributed by atoms with Crippen LogP contribution in [0.4, 0.5) is 0 Å². The van der Waals surface area contributed by atoms with Crippen molar-refractivity contribution in [2.45, 2.75) is 45.7 Å². The van der Waals surface area contributed by atoms with E-state index in [1.165, 1.54) is 24.0 Å². The fourth-order valence-electron chi connectivity index (χ4n) is 3.75. The molecule has 1 aliphatic rings. The molecule has 0 radical (unpaired) electrons. The predicted octanol–water partition coefficient (Wildman–Crippen LogP) is 3.54. The number of rotatable bonds is 7. The van der Waals surface area contributed by atoms with Crippen molar-refractivity contribution in [3.63, 3.8) is 0 Å². The number of aromatic hydroxyl groups is 1. The molecule has 0 fully saturated rings. The first-order valence-electron chi connectivity index (χ1n) is 10.2. The standard InChI is InChI=1S/C23H31N3O3/c1-4-24-23(25-14-16-9-12-21(28-2)22(13-16)29-3)26-15-19-18-8-6-5-7-17(18)10-11-20(19)27/h9-13,27H,4-8,14-15H2,1-3H3,(H2,24,25,26). The van der Waals surface area contributed by atoms with Gasteiger partial charge in [0.1, 0.15) is 5.75 Å². The number of hydrogen-bond acceptors (Lipinski definition) is 4. The van der Waals surface area contributed by atoms with Crippen LogP contribution in [0.15, 0.2) is 35.3 Å². The summed E-state index contributed by atoms with van der Waals surface area (Å²) in [7, 11) is 3.25. The minimum Gasteiger partial charge on any atom is -0.508 e. The second-order valence-electron chi connectivity index (χ2n) is 7.15. The first kappa shape index (κ1) is 20.8. The number of hydrogen-bond donors (Lipinski definition) is 3. The summed E-state index contributed by atoms with van der Waals surface area (Å²) in [6.07, 6.45) is 4.52. The number of aryl methyl sites for hydroxylation is 1. The second-order valence-corrected chi connectivity index (χ2v) is 7.15. The Balaban J connectivity index is 1.72. The first-order chi connectivity index (χ1) is 14.2. The Kier molecular flexibility index (Phi) is 7.22. The van der Waals surface area contributed by atoms with Crippen LogP contribution in [0.5, 0.6) is 17.2 Å². The van der Waals surface area contributed by atoms with E-state index >= 15 is 0 Å². The average molecular weight is 398 g/mol. The van der Waals surface area contributed by atoms with Crippen molar-refractivity contribution in [2.75, 3.05) is 20.8 Å². The smallest absolute Gasteiger partial charge is 0.191 e. The average Bonchev–Trinajstić information content (AvgIpc) is 2.76. The van der Waals surface area contributed by atoms with E-state index in [0.717, 1.165) is 36.5 Å². The maximum absolute atomic E-state index is 10.4. The Morgan fingerprint density at radius 1 is 1.03 bits per heavy atom. The highest BCUT2D eigenvalue weighted by molar-refractivity contribution is 5.79. The summed E-state index contributed by atoms with van der Waals surface area (Å²) in [5, 5.41) is 17.0. The zero-order valence-corrected chi connectivity index (χ0v) is 17.5. The predicted molar refractivity (Wildman–Crippen MR) is 116 cm³/mol. The maximum atomic E-state index is 10.4. The van der Waals surface area contributed by atoms with Crippen molar-refractivity contribution in [1.82, 2.24) is 10.6 Å². The van der Waals surface area contributed by atoms with Gasteiger partial charge < -0.3 is 25.2 Å². The molecule has 0 aromatic heterocycles. The Labute approximate surface area is 173 Å². The van der Waals surface area contributed by atoms with Crippen LogP contribution in [0.3, 0.4) is 0 Å². The number of fused-ring (bicyclic) bond motifs is 1. The molecule has 3 N–H and O–H groups in total. The molecule has 2 aromatic rings. The van der Waals surface area contributed by atoms with Crippen LogP contribution in [-0.4, -0.2) is 31.8 Å². The molecular weight excluding hydrogens is 366 g/mol. The molecule has 0 saturated carbocycles. The van der Waals surface area contributed by atoms with E-state index in [4.69, 9.17) is 9.47 Å². The number of aliphatic imine (C=N–C) groups is 1. The van der Waals surface area contributed by atoms with Crippen LogP contribution in [-0.2, 0) is 25.9 Å². The van der Waals surface area contributed by atoms with Gasteiger partial charge in [0.05, 0.1) is 20.8 Å². The van der Waals surface area contributed by atoms with Crippen LogP contribution in [0, 0.1) is 0 Å². The van der Waals surface area contributed by atoms with Gasteiger partial charge in [-0.05, 0) is 67.5 Å². The number of phenols is 1. The van der Waals surface area contributed by atoms with Gasteiger partial charge in [-0.1, -0.05) is 12.1 Å². The van der Waals surface area contributed by atoms with Crippen LogP contribution < -0.4 is 20.1 Å². The minimum atomic E-state index is 0.355. The van der Waals surface area contributed by atoms with E-state index in [2.05, 4.69) is 21.7 Å². The summed E-state index contributed by atoms with van der Waals surface area (Å²) < 4.78 is 10.7. The quantitative estimate of drug-likeness (QED) is 0.492. The summed E-state index contributed by atoms with van der Waals surface area (Å²) in [4.78, 5) is 4.69. The number of phenolic OH excluding ortho intramolecular Hbond substituents is 1. The Morgan fingerprint density at radius 3 is 2.59 bits per heavy atom. The van der Waals surface area contributed by atoms with Crippen molar-refractivity contribution in [3.05, 3.63) is 52.6 Å². The third-order valence-corrected chi connectivity index (χ3v) is 5.27. The number of benzene rings is 2. The molecule has 0 spiro atoms. The molecule has 6 heteroatoms. The number of nitrogens with zero attached hydrogens (tertiary/aromatic N) is 1. The van der Waals surface area contributed by atoms with Crippen LogP contribution >= 0.6 is 0 Å². The summed E-state index contributed by atoms with van der Waals surface area (Å²) in [5.41, 5.74) is 4.66. The lowest BCUT2D eigenvalue weighted by atomic mass is 9.88. The van der Waals surface area contributed by atoms with Crippen molar-refractivity contribution in [3.8, 4) is 17.2 Å². The maximum Gasteiger partial charge on any atom is 0.191 e. The molecular formula is C23H31N3O3. The lowest BCUT2D eigenvalue weighted by Gasteiger charge is -2.21. The van der Waals surface area contributed by atoms with E-state index < -0.39 is 0 Å². The number of methoxy groups -OCH3 is 2. The van der Waals surface area contributed by atoms with Gasteiger partial charge in [0.2, 0.25) is 0 Å². The van der Waals surface area contributed by atoms with Gasteiger partial charge >= 0.3 is 0 Å². The van der Waals surface area contributed by atoms with E-state index in [1.54, 1.807) is 14.2 Å². The Bertz CT molecular complexity index is 865. The first-order valence-corrected chi connectivity index (χ1v) is 10.2. The van der Waals surface area contributed by atoms with Crippen molar-refractivity contribution in [1.29, 1.82) is 0 Å². The second kappa shape index (κ2) is 10.0. The molecule has 1 aliphatic carbocycles. The monoisotopic (exact) mass is 397 g/mol. The van der Waals surface area contributed by atoms with Gasteiger partial charge in [-0.15, -0.1) is 0 Å². The summed E-state index contributed by atoms with van der Waals surface area (Å²) >= 11 is 0. The van der Waals surface area contributed by atoms with Gasteiger partial charge in [0.15, 0.2) is 17.5 Å². The Morgan fingerprint density at radius 2 is 1.83 bits per heavy atom. The molecule has 0 heterocycles. The van der Waals surface area contributed by atoms with Gasteiger partial charge in [0.25, 0.3) is 0 Å². The van der Waals surface area contributed by atoms with Crippen molar-refractivity contribution < 1.29 is 14.6 Å². The lowest BCUT2D eigenvalue weighted by molar-refractivity contribution is 0.354. The largest absolute Gasteiger partial charge is 0.508 e. The highest BCUT2D eigenvalue weighted by Gasteiger charge is 2.16. The number of guanidine groups is 1. The number of ether oxygens (including phenoxy) is 2. The molecule has 156 valence electrons. The fraction of sp³-hybridized carbons (Fsp3) is 0.435. The SMILES string of the molecule is CCNC(=NCc1ccc(OC)c(OC)c1)NCc1c(O)ccc2c1CCCC2. The van der Waals surface area contributed by atoms with Crippen molar-refractivity contribution >= 4 is 5.96 Å². The highest BCUT2D eigenvalue weighted by atomic mass is 16.5. The molecule has 0 atom stereocenters. The molecule has 0 unspecified atom stereocenters. The molecule has 6 nitrogen and oxygen atoms in total. The zero-order valence-electron chi connectivity index (χ0n) is 17.5. The molecule has 0 amide bonds. The van der Waals surface area contributed by atoms with Crippen LogP contribution in [0.25, 0.3) is 0 Å². The molecule has 0 bridgehead atoms. The highest BCUT2D eigenvalue weighted by Crippen LogP contribution is 2.30. The van der Waals surface area contributed by atoms with Crippen molar-refractivity contribution in [2.24, 2.45) is 4.99 Å². The number of nitrogens with one attached hydrogen (secondary N) is 2. The topological polar surface area (TPSA) is 75.1 Å². The van der Waals surface area contributed by atoms with E-state index in [-0.39, 0.29) is 0 Å². The molecule has 0 saturated heterocycles. The van der Waals surface area contributed by atoms with E-state index in [9.17, 15) is 5.11 Å². The molecule has 29 heavy (non-hydrogen) atoms. The van der Waals surface area contributed by atoms with Gasteiger partial charge in [-0.2, -0.15) is 0 Å². The van der Waals surface area contributed by atoms with Gasteiger partial charge in [-0.3, -0.25) is 0 Å². The molecule has 0 aliphatic heterocycles. The minimum absolute atomic E-state index is 0.355. The van der Waals surface area contributed by atoms with E-state index in [0.29, 0.717) is 30.3 Å². The lowest BCUT2D eigenvalue weighted by Crippen LogP contribution is -2.37. The summed E-state index contributed by atoms with van der Waals surface area (Å²) in [6, 6.07) is 9.68. The summed E-state index contributed by atoms with van der Waals surface area (Å²) in [5.74, 6) is 2.47. The van der Waals surface area contributed by atoms with Crippen LogP contribution in [0.1, 0.15) is 42.0 Å². The molecule has 3 rings (SSSR count). The third-order valence-electron chi connectivity index (χ3n) is 5.27. The summed E-state index contributed by atoms with van der Waals surface area (Å²) in [6.45, 7) is 3.85. The van der Waals surface area contributed by atoms with Gasteiger partial charge in [-0.25, -0.2) is 4.99 Å². The fourth-order valence-corrected chi connectivity index (χ4v) is 3.75. The van der Waals surface area contributed by atoms with Gasteiger partial charge in [0, 0.05) is 18.7 Å². The normalized spacial score (nSPS) is 13.6.